The molecule has 1 rings (SSSR count). The van der Waals surface area contributed by atoms with Crippen molar-refractivity contribution >= 4 is 5.96 Å². The maximum absolute atomic E-state index is 5.77. The Hall–Kier alpha value is -0.850. The predicted octanol–water partition coefficient (Wildman–Crippen LogP) is 2.25. The van der Waals surface area contributed by atoms with Gasteiger partial charge in [-0.3, -0.25) is 4.99 Å². The molecule has 0 aromatic rings. The van der Waals surface area contributed by atoms with Crippen LogP contribution in [0.15, 0.2) is 4.99 Å². The second-order valence-corrected chi connectivity index (χ2v) is 6.97. The average molecular weight is 357 g/mol. The van der Waals surface area contributed by atoms with E-state index in [0.717, 1.165) is 58.3 Å². The van der Waals surface area contributed by atoms with Gasteiger partial charge in [0, 0.05) is 32.8 Å². The third-order valence-electron chi connectivity index (χ3n) is 4.23. The lowest BCUT2D eigenvalue weighted by Gasteiger charge is -2.12. The molecule has 0 spiro atoms. The van der Waals surface area contributed by atoms with E-state index in [-0.39, 0.29) is 0 Å². The molecule has 25 heavy (non-hydrogen) atoms. The molecule has 1 unspecified atom stereocenters. The number of hydrogen-bond donors (Lipinski definition) is 2. The molecule has 1 atom stereocenters. The second-order valence-electron chi connectivity index (χ2n) is 6.97. The lowest BCUT2D eigenvalue weighted by atomic mass is 10.1. The summed E-state index contributed by atoms with van der Waals surface area (Å²) in [6.45, 7) is 8.35. The van der Waals surface area contributed by atoms with Crippen molar-refractivity contribution < 1.29 is 9.47 Å². The normalized spacial score (nSPS) is 18.1. The van der Waals surface area contributed by atoms with Gasteiger partial charge in [0.05, 0.1) is 12.7 Å². The van der Waals surface area contributed by atoms with Crippen molar-refractivity contribution in [2.24, 2.45) is 4.99 Å². The Kier molecular flexibility index (Phi) is 13.7. The quantitative estimate of drug-likeness (QED) is 0.284. The zero-order valence-electron chi connectivity index (χ0n) is 16.7. The maximum Gasteiger partial charge on any atom is 0.191 e. The predicted molar refractivity (Wildman–Crippen MR) is 105 cm³/mol. The number of aliphatic imine (C=N–C) groups is 1. The molecule has 0 bridgehead atoms. The van der Waals surface area contributed by atoms with Crippen LogP contribution < -0.4 is 10.6 Å². The van der Waals surface area contributed by atoms with E-state index in [1.54, 1.807) is 0 Å². The third-order valence-corrected chi connectivity index (χ3v) is 4.23. The Bertz CT molecular complexity index is 331. The zero-order chi connectivity index (χ0) is 18.2. The summed E-state index contributed by atoms with van der Waals surface area (Å²) in [6.07, 6.45) is 8.74. The fourth-order valence-electron chi connectivity index (χ4n) is 2.78. The highest BCUT2D eigenvalue weighted by molar-refractivity contribution is 5.79. The fraction of sp³-hybridized carbons (Fsp3) is 0.947. The van der Waals surface area contributed by atoms with Gasteiger partial charge >= 0.3 is 0 Å². The molecule has 1 aliphatic rings. The Labute approximate surface area is 154 Å². The van der Waals surface area contributed by atoms with Crippen LogP contribution in [0.1, 0.15) is 51.9 Å². The molecule has 0 aromatic carbocycles. The minimum Gasteiger partial charge on any atom is -0.379 e. The van der Waals surface area contributed by atoms with Crippen molar-refractivity contribution in [3.05, 3.63) is 0 Å². The van der Waals surface area contributed by atoms with Crippen molar-refractivity contribution in [3.8, 4) is 0 Å². The summed E-state index contributed by atoms with van der Waals surface area (Å²) in [5, 5.41) is 6.74. The molecule has 2 N–H and O–H groups in total. The molecule has 1 saturated heterocycles. The second kappa shape index (κ2) is 15.4. The molecule has 6 nitrogen and oxygen atoms in total. The molecule has 0 radical (unpaired) electrons. The van der Waals surface area contributed by atoms with Gasteiger partial charge in [0.1, 0.15) is 0 Å². The molecule has 0 aliphatic carbocycles. The molecule has 1 aliphatic heterocycles. The standard InChI is InChI=1S/C19H40N4O2/c1-4-20-19(21-12-8-6-5-7-9-14-23(2)3)22-13-10-15-25-18-11-16-24-17-18/h18H,4-17H2,1-3H3,(H2,20,21,22). The summed E-state index contributed by atoms with van der Waals surface area (Å²) in [6, 6.07) is 0. The van der Waals surface area contributed by atoms with Gasteiger partial charge in [-0.15, -0.1) is 0 Å². The van der Waals surface area contributed by atoms with Crippen LogP contribution >= 0.6 is 0 Å². The summed E-state index contributed by atoms with van der Waals surface area (Å²) in [5.41, 5.74) is 0. The van der Waals surface area contributed by atoms with E-state index in [1.165, 1.54) is 38.6 Å². The van der Waals surface area contributed by atoms with E-state index >= 15 is 0 Å². The van der Waals surface area contributed by atoms with E-state index in [0.29, 0.717) is 6.10 Å². The van der Waals surface area contributed by atoms with Crippen LogP contribution in [-0.2, 0) is 9.47 Å². The minimum atomic E-state index is 0.299. The Morgan fingerprint density at radius 1 is 1.12 bits per heavy atom. The lowest BCUT2D eigenvalue weighted by Crippen LogP contribution is -2.37. The number of nitrogens with zero attached hydrogens (tertiary/aromatic N) is 2. The van der Waals surface area contributed by atoms with Crippen molar-refractivity contribution in [1.29, 1.82) is 0 Å². The van der Waals surface area contributed by atoms with Gasteiger partial charge in [-0.05, 0) is 53.2 Å². The number of rotatable bonds is 14. The number of unbranched alkanes of at least 4 members (excludes halogenated alkanes) is 4. The maximum atomic E-state index is 5.77. The van der Waals surface area contributed by atoms with E-state index in [4.69, 9.17) is 9.47 Å². The molecule has 1 heterocycles. The van der Waals surface area contributed by atoms with Crippen LogP contribution in [0.3, 0.4) is 0 Å². The first-order valence-electron chi connectivity index (χ1n) is 10.1. The Morgan fingerprint density at radius 2 is 1.92 bits per heavy atom. The minimum absolute atomic E-state index is 0.299. The SMILES string of the molecule is CCNC(=NCCCOC1CCOC1)NCCCCCCCN(C)C. The molecular formula is C19H40N4O2. The van der Waals surface area contributed by atoms with Crippen LogP contribution in [0.2, 0.25) is 0 Å². The summed E-state index contributed by atoms with van der Waals surface area (Å²) in [7, 11) is 4.28. The summed E-state index contributed by atoms with van der Waals surface area (Å²) >= 11 is 0. The van der Waals surface area contributed by atoms with E-state index in [9.17, 15) is 0 Å². The van der Waals surface area contributed by atoms with Crippen LogP contribution in [0, 0.1) is 0 Å². The molecule has 0 saturated carbocycles. The van der Waals surface area contributed by atoms with Gasteiger partial charge in [0.2, 0.25) is 0 Å². The fourth-order valence-corrected chi connectivity index (χ4v) is 2.78. The zero-order valence-corrected chi connectivity index (χ0v) is 16.7. The van der Waals surface area contributed by atoms with Gasteiger partial charge in [-0.1, -0.05) is 19.3 Å². The Morgan fingerprint density at radius 3 is 2.64 bits per heavy atom. The van der Waals surface area contributed by atoms with Crippen molar-refractivity contribution in [1.82, 2.24) is 15.5 Å². The first-order valence-corrected chi connectivity index (χ1v) is 10.1. The molecule has 0 amide bonds. The molecule has 0 aromatic heterocycles. The monoisotopic (exact) mass is 356 g/mol. The highest BCUT2D eigenvalue weighted by atomic mass is 16.5. The van der Waals surface area contributed by atoms with Crippen molar-refractivity contribution in [3.63, 3.8) is 0 Å². The van der Waals surface area contributed by atoms with Crippen LogP contribution in [0.25, 0.3) is 0 Å². The first kappa shape index (κ1) is 22.2. The molecule has 148 valence electrons. The van der Waals surface area contributed by atoms with Crippen LogP contribution in [0.4, 0.5) is 0 Å². The number of nitrogens with one attached hydrogen (secondary N) is 2. The van der Waals surface area contributed by atoms with E-state index in [1.807, 2.05) is 0 Å². The highest BCUT2D eigenvalue weighted by Gasteiger charge is 2.15. The largest absolute Gasteiger partial charge is 0.379 e. The topological polar surface area (TPSA) is 58.1 Å². The van der Waals surface area contributed by atoms with Crippen LogP contribution in [0.5, 0.6) is 0 Å². The number of hydrogen-bond acceptors (Lipinski definition) is 4. The summed E-state index contributed by atoms with van der Waals surface area (Å²) < 4.78 is 11.1. The van der Waals surface area contributed by atoms with E-state index < -0.39 is 0 Å². The number of ether oxygens (including phenoxy) is 2. The van der Waals surface area contributed by atoms with Gasteiger partial charge in [-0.25, -0.2) is 0 Å². The third kappa shape index (κ3) is 13.1. The van der Waals surface area contributed by atoms with Gasteiger partial charge in [-0.2, -0.15) is 0 Å². The van der Waals surface area contributed by atoms with Crippen LogP contribution in [-0.4, -0.2) is 77.1 Å². The smallest absolute Gasteiger partial charge is 0.191 e. The van der Waals surface area contributed by atoms with E-state index in [2.05, 4.69) is 41.5 Å². The van der Waals surface area contributed by atoms with Gasteiger partial charge in [0.25, 0.3) is 0 Å². The Balaban J connectivity index is 1.99. The van der Waals surface area contributed by atoms with Gasteiger partial charge < -0.3 is 25.0 Å². The molecule has 1 fully saturated rings. The summed E-state index contributed by atoms with van der Waals surface area (Å²) in [5.74, 6) is 0.930. The molecule has 6 heteroatoms. The molecular weight excluding hydrogens is 316 g/mol. The summed E-state index contributed by atoms with van der Waals surface area (Å²) in [4.78, 5) is 6.88. The lowest BCUT2D eigenvalue weighted by molar-refractivity contribution is 0.0424. The number of guanidine groups is 1. The first-order chi connectivity index (χ1) is 12.2. The average Bonchev–Trinajstić information content (AvgIpc) is 3.10. The highest BCUT2D eigenvalue weighted by Crippen LogP contribution is 2.08. The van der Waals surface area contributed by atoms with Crippen molar-refractivity contribution in [2.45, 2.75) is 58.0 Å². The van der Waals surface area contributed by atoms with Gasteiger partial charge in [0.15, 0.2) is 5.96 Å². The van der Waals surface area contributed by atoms with Crippen molar-refractivity contribution in [2.75, 3.05) is 60.1 Å².